The summed E-state index contributed by atoms with van der Waals surface area (Å²) in [5.74, 6) is 0.653. The molecule has 1 aromatic rings. The van der Waals surface area contributed by atoms with E-state index in [2.05, 4.69) is 16.4 Å². The van der Waals surface area contributed by atoms with Crippen LogP contribution in [0.2, 0.25) is 5.15 Å². The monoisotopic (exact) mass is 194 g/mol. The Morgan fingerprint density at radius 3 is 3.31 bits per heavy atom. The standard InChI is InChI=1S/C10H11ClN2/c11-9-2-1-7-8-5-6(3-4-12-8)10(7)13-9/h1-2,6,8,12H,3-5H2. The lowest BCUT2D eigenvalue weighted by atomic mass is 9.99. The molecule has 3 heteroatoms. The molecule has 0 amide bonds. The summed E-state index contributed by atoms with van der Waals surface area (Å²) >= 11 is 5.88. The average molecular weight is 195 g/mol. The van der Waals surface area contributed by atoms with E-state index in [1.165, 1.54) is 24.1 Å². The van der Waals surface area contributed by atoms with Gasteiger partial charge in [-0.2, -0.15) is 0 Å². The van der Waals surface area contributed by atoms with E-state index in [9.17, 15) is 0 Å². The molecule has 0 spiro atoms. The number of hydrogen-bond donors (Lipinski definition) is 1. The summed E-state index contributed by atoms with van der Waals surface area (Å²) < 4.78 is 0. The minimum atomic E-state index is 0.540. The Labute approximate surface area is 82.3 Å². The molecule has 1 aliphatic carbocycles. The fourth-order valence-electron chi connectivity index (χ4n) is 2.49. The predicted molar refractivity (Wildman–Crippen MR) is 52.0 cm³/mol. The third-order valence-corrected chi connectivity index (χ3v) is 3.30. The molecule has 1 N–H and O–H groups in total. The van der Waals surface area contributed by atoms with Crippen LogP contribution in [0.3, 0.4) is 0 Å². The van der Waals surface area contributed by atoms with Gasteiger partial charge in [-0.15, -0.1) is 0 Å². The molecule has 3 rings (SSSR count). The Morgan fingerprint density at radius 1 is 1.46 bits per heavy atom. The van der Waals surface area contributed by atoms with Crippen molar-refractivity contribution in [2.24, 2.45) is 0 Å². The molecule has 2 unspecified atom stereocenters. The number of nitrogens with one attached hydrogen (secondary N) is 1. The number of halogens is 1. The molecule has 0 aromatic carbocycles. The van der Waals surface area contributed by atoms with E-state index in [1.807, 2.05) is 6.07 Å². The van der Waals surface area contributed by atoms with Gasteiger partial charge in [0.2, 0.25) is 0 Å². The van der Waals surface area contributed by atoms with E-state index in [0.29, 0.717) is 17.1 Å². The molecule has 0 radical (unpaired) electrons. The summed E-state index contributed by atoms with van der Waals surface area (Å²) in [5, 5.41) is 4.13. The minimum Gasteiger partial charge on any atom is -0.310 e. The number of rotatable bonds is 0. The van der Waals surface area contributed by atoms with Gasteiger partial charge < -0.3 is 5.32 Å². The summed E-state index contributed by atoms with van der Waals surface area (Å²) in [6.07, 6.45) is 2.42. The number of nitrogens with zero attached hydrogens (tertiary/aromatic N) is 1. The smallest absolute Gasteiger partial charge is 0.129 e. The van der Waals surface area contributed by atoms with Gasteiger partial charge in [-0.1, -0.05) is 17.7 Å². The molecular weight excluding hydrogens is 184 g/mol. The van der Waals surface area contributed by atoms with Crippen LogP contribution in [0.25, 0.3) is 0 Å². The molecule has 1 fully saturated rings. The first kappa shape index (κ1) is 7.77. The van der Waals surface area contributed by atoms with E-state index >= 15 is 0 Å². The third kappa shape index (κ3) is 1.09. The highest BCUT2D eigenvalue weighted by Gasteiger charge is 2.34. The number of piperidine rings is 1. The molecule has 1 saturated heterocycles. The maximum absolute atomic E-state index is 5.88. The summed E-state index contributed by atoms with van der Waals surface area (Å²) in [4.78, 5) is 4.42. The van der Waals surface area contributed by atoms with Crippen molar-refractivity contribution in [3.8, 4) is 0 Å². The van der Waals surface area contributed by atoms with Gasteiger partial charge in [0.25, 0.3) is 0 Å². The van der Waals surface area contributed by atoms with Gasteiger partial charge in [0, 0.05) is 12.0 Å². The summed E-state index contributed by atoms with van der Waals surface area (Å²) in [6.45, 7) is 1.11. The molecule has 13 heavy (non-hydrogen) atoms. The SMILES string of the molecule is Clc1ccc2c(n1)C1CCNC2C1. The zero-order valence-corrected chi connectivity index (χ0v) is 8.01. The van der Waals surface area contributed by atoms with Gasteiger partial charge >= 0.3 is 0 Å². The zero-order chi connectivity index (χ0) is 8.84. The van der Waals surface area contributed by atoms with E-state index < -0.39 is 0 Å². The Hall–Kier alpha value is -0.600. The van der Waals surface area contributed by atoms with Crippen molar-refractivity contribution in [3.63, 3.8) is 0 Å². The van der Waals surface area contributed by atoms with Gasteiger partial charge in [0.15, 0.2) is 0 Å². The van der Waals surface area contributed by atoms with E-state index in [0.717, 1.165) is 6.54 Å². The molecular formula is C10H11ClN2. The van der Waals surface area contributed by atoms with Crippen LogP contribution in [-0.4, -0.2) is 11.5 Å². The summed E-state index contributed by atoms with van der Waals surface area (Å²) in [6, 6.07) is 4.55. The second kappa shape index (κ2) is 2.69. The maximum Gasteiger partial charge on any atom is 0.129 e. The maximum atomic E-state index is 5.88. The van der Waals surface area contributed by atoms with E-state index in [4.69, 9.17) is 11.6 Å². The Balaban J connectivity index is 2.15. The molecule has 1 aromatic heterocycles. The van der Waals surface area contributed by atoms with E-state index in [-0.39, 0.29) is 0 Å². The zero-order valence-electron chi connectivity index (χ0n) is 7.26. The van der Waals surface area contributed by atoms with Gasteiger partial charge in [-0.05, 0) is 31.0 Å². The topological polar surface area (TPSA) is 24.9 Å². The predicted octanol–water partition coefficient (Wildman–Crippen LogP) is 2.26. The summed E-state index contributed by atoms with van der Waals surface area (Å²) in [7, 11) is 0. The lowest BCUT2D eigenvalue weighted by Gasteiger charge is -2.19. The van der Waals surface area contributed by atoms with Crippen LogP contribution < -0.4 is 5.32 Å². The van der Waals surface area contributed by atoms with Crippen LogP contribution in [0, 0.1) is 0 Å². The highest BCUT2D eigenvalue weighted by Crippen LogP contribution is 2.43. The number of pyridine rings is 1. The molecule has 2 atom stereocenters. The number of aromatic nitrogens is 1. The fraction of sp³-hybridized carbons (Fsp3) is 0.500. The Morgan fingerprint density at radius 2 is 2.38 bits per heavy atom. The fourth-order valence-corrected chi connectivity index (χ4v) is 2.64. The van der Waals surface area contributed by atoms with Crippen molar-refractivity contribution < 1.29 is 0 Å². The number of hydrogen-bond acceptors (Lipinski definition) is 2. The molecule has 0 saturated carbocycles. The lowest BCUT2D eigenvalue weighted by Crippen LogP contribution is -2.24. The van der Waals surface area contributed by atoms with Crippen LogP contribution in [0.15, 0.2) is 12.1 Å². The van der Waals surface area contributed by atoms with Crippen molar-refractivity contribution in [2.75, 3.05) is 6.54 Å². The largest absolute Gasteiger partial charge is 0.310 e. The molecule has 2 nitrogen and oxygen atoms in total. The van der Waals surface area contributed by atoms with Crippen molar-refractivity contribution >= 4 is 11.6 Å². The van der Waals surface area contributed by atoms with Crippen LogP contribution in [0.5, 0.6) is 0 Å². The van der Waals surface area contributed by atoms with Crippen LogP contribution in [0.4, 0.5) is 0 Å². The van der Waals surface area contributed by atoms with Crippen LogP contribution in [-0.2, 0) is 0 Å². The molecule has 2 bridgehead atoms. The third-order valence-electron chi connectivity index (χ3n) is 3.09. The Kier molecular flexibility index (Phi) is 1.61. The van der Waals surface area contributed by atoms with Crippen molar-refractivity contribution in [3.05, 3.63) is 28.5 Å². The lowest BCUT2D eigenvalue weighted by molar-refractivity contribution is 0.408. The average Bonchev–Trinajstić information content (AvgIpc) is 2.39. The summed E-state index contributed by atoms with van der Waals surface area (Å²) in [5.41, 5.74) is 2.61. The first-order valence-electron chi connectivity index (χ1n) is 4.74. The molecule has 1 aliphatic heterocycles. The van der Waals surface area contributed by atoms with Gasteiger partial charge in [-0.3, -0.25) is 0 Å². The van der Waals surface area contributed by atoms with E-state index in [1.54, 1.807) is 0 Å². The van der Waals surface area contributed by atoms with Crippen molar-refractivity contribution in [1.29, 1.82) is 0 Å². The van der Waals surface area contributed by atoms with Crippen LogP contribution in [0.1, 0.15) is 36.1 Å². The second-order valence-electron chi connectivity index (χ2n) is 3.84. The van der Waals surface area contributed by atoms with Crippen molar-refractivity contribution in [1.82, 2.24) is 10.3 Å². The highest BCUT2D eigenvalue weighted by atomic mass is 35.5. The second-order valence-corrected chi connectivity index (χ2v) is 4.22. The van der Waals surface area contributed by atoms with Gasteiger partial charge in [-0.25, -0.2) is 4.98 Å². The minimum absolute atomic E-state index is 0.540. The normalized spacial score (nSPS) is 30.2. The van der Waals surface area contributed by atoms with Crippen LogP contribution >= 0.6 is 11.6 Å². The quantitative estimate of drug-likeness (QED) is 0.641. The Bertz CT molecular complexity index is 351. The molecule has 68 valence electrons. The van der Waals surface area contributed by atoms with Crippen molar-refractivity contribution in [2.45, 2.75) is 24.8 Å². The number of fused-ring (bicyclic) bond motifs is 5. The first-order valence-corrected chi connectivity index (χ1v) is 5.12. The molecule has 2 aliphatic rings. The molecule has 2 heterocycles. The first-order chi connectivity index (χ1) is 6.34. The highest BCUT2D eigenvalue weighted by molar-refractivity contribution is 6.29. The van der Waals surface area contributed by atoms with Gasteiger partial charge in [0.05, 0.1) is 5.69 Å². The van der Waals surface area contributed by atoms with Gasteiger partial charge in [0.1, 0.15) is 5.15 Å².